The van der Waals surface area contributed by atoms with E-state index < -0.39 is 23.9 Å². The minimum absolute atomic E-state index is 0.387. The Balaban J connectivity index is 1.89. The number of primary amides is 1. The van der Waals surface area contributed by atoms with Crippen LogP contribution in [-0.4, -0.2) is 47.0 Å². The van der Waals surface area contributed by atoms with E-state index in [2.05, 4.69) is 5.32 Å². The van der Waals surface area contributed by atoms with Crippen molar-refractivity contribution in [1.82, 2.24) is 10.2 Å². The number of hydrogen-bond acceptors (Lipinski definition) is 3. The van der Waals surface area contributed by atoms with E-state index >= 15 is 0 Å². The van der Waals surface area contributed by atoms with Gasteiger partial charge in [0.25, 0.3) is 0 Å². The Labute approximate surface area is 117 Å². The fourth-order valence-electron chi connectivity index (χ4n) is 2.11. The van der Waals surface area contributed by atoms with Crippen molar-refractivity contribution in [3.8, 4) is 0 Å². The standard InChI is InChI=1S/C13H21N3O4/c14-11(17)5-10(12(18)19)15-13(20)16(6-8-1-2-8)7-9-3-4-9/h8-10H,1-7H2,(H2,14,17)(H,15,20)(H,18,19)/t10-/m0/s1. The van der Waals surface area contributed by atoms with Gasteiger partial charge in [-0.05, 0) is 37.5 Å². The summed E-state index contributed by atoms with van der Waals surface area (Å²) in [5.74, 6) is -0.901. The van der Waals surface area contributed by atoms with E-state index in [1.54, 1.807) is 4.90 Å². The first-order chi connectivity index (χ1) is 9.45. The molecule has 0 aromatic carbocycles. The largest absolute Gasteiger partial charge is 0.480 e. The van der Waals surface area contributed by atoms with Gasteiger partial charge in [0.1, 0.15) is 6.04 Å². The van der Waals surface area contributed by atoms with E-state index in [1.165, 1.54) is 0 Å². The lowest BCUT2D eigenvalue weighted by atomic mass is 10.2. The number of hydrogen-bond donors (Lipinski definition) is 3. The van der Waals surface area contributed by atoms with E-state index in [1.807, 2.05) is 0 Å². The quantitative estimate of drug-likeness (QED) is 0.588. The molecular weight excluding hydrogens is 262 g/mol. The van der Waals surface area contributed by atoms with Crippen molar-refractivity contribution in [3.63, 3.8) is 0 Å². The topological polar surface area (TPSA) is 113 Å². The molecule has 1 atom stereocenters. The molecule has 0 saturated heterocycles. The molecule has 0 heterocycles. The number of carbonyl (C=O) groups excluding carboxylic acids is 2. The first-order valence-electron chi connectivity index (χ1n) is 7.02. The lowest BCUT2D eigenvalue weighted by Crippen LogP contribution is -2.50. The van der Waals surface area contributed by atoms with Crippen LogP contribution in [0.4, 0.5) is 4.79 Å². The first-order valence-corrected chi connectivity index (χ1v) is 7.02. The Hall–Kier alpha value is -1.79. The normalized spacial score (nSPS) is 19.2. The second-order valence-electron chi connectivity index (χ2n) is 5.80. The molecule has 2 rings (SSSR count). The van der Waals surface area contributed by atoms with Gasteiger partial charge in [0, 0.05) is 13.1 Å². The molecule has 0 aliphatic heterocycles. The van der Waals surface area contributed by atoms with Gasteiger partial charge in [-0.1, -0.05) is 0 Å². The smallest absolute Gasteiger partial charge is 0.326 e. The predicted molar refractivity (Wildman–Crippen MR) is 70.8 cm³/mol. The lowest BCUT2D eigenvalue weighted by Gasteiger charge is -2.25. The first kappa shape index (κ1) is 14.6. The molecule has 4 N–H and O–H groups in total. The van der Waals surface area contributed by atoms with Gasteiger partial charge < -0.3 is 21.1 Å². The van der Waals surface area contributed by atoms with Gasteiger partial charge in [0.2, 0.25) is 5.91 Å². The Kier molecular flexibility index (Phi) is 4.46. The Morgan fingerprint density at radius 3 is 2.00 bits per heavy atom. The predicted octanol–water partition coefficient (Wildman–Crippen LogP) is 0.147. The van der Waals surface area contributed by atoms with Crippen LogP contribution in [0.2, 0.25) is 0 Å². The van der Waals surface area contributed by atoms with Crippen LogP contribution in [0.25, 0.3) is 0 Å². The average molecular weight is 283 g/mol. The number of rotatable bonds is 8. The highest BCUT2D eigenvalue weighted by Gasteiger charge is 2.33. The maximum Gasteiger partial charge on any atom is 0.326 e. The number of aliphatic carboxylic acids is 1. The molecule has 2 saturated carbocycles. The fourth-order valence-corrected chi connectivity index (χ4v) is 2.11. The summed E-state index contributed by atoms with van der Waals surface area (Å²) in [6.45, 7) is 1.34. The van der Waals surface area contributed by atoms with Gasteiger partial charge >= 0.3 is 12.0 Å². The Morgan fingerprint density at radius 2 is 1.65 bits per heavy atom. The number of amides is 3. The number of nitrogens with two attached hydrogens (primary N) is 1. The van der Waals surface area contributed by atoms with Gasteiger partial charge in [0.15, 0.2) is 0 Å². The van der Waals surface area contributed by atoms with Crippen molar-refractivity contribution in [2.24, 2.45) is 17.6 Å². The summed E-state index contributed by atoms with van der Waals surface area (Å²) in [6.07, 6.45) is 4.11. The van der Waals surface area contributed by atoms with Gasteiger partial charge in [-0.3, -0.25) is 4.79 Å². The zero-order chi connectivity index (χ0) is 14.7. The number of nitrogens with zero attached hydrogens (tertiary/aromatic N) is 1. The second kappa shape index (κ2) is 6.11. The van der Waals surface area contributed by atoms with Crippen molar-refractivity contribution >= 4 is 17.9 Å². The fraction of sp³-hybridized carbons (Fsp3) is 0.769. The van der Waals surface area contributed by atoms with Gasteiger partial charge in [0.05, 0.1) is 6.42 Å². The van der Waals surface area contributed by atoms with E-state index in [0.29, 0.717) is 24.9 Å². The van der Waals surface area contributed by atoms with Gasteiger partial charge in [-0.15, -0.1) is 0 Å². The molecule has 2 fully saturated rings. The molecule has 0 spiro atoms. The third kappa shape index (κ3) is 4.71. The number of urea groups is 1. The van der Waals surface area contributed by atoms with Crippen LogP contribution in [0.3, 0.4) is 0 Å². The highest BCUT2D eigenvalue weighted by molar-refractivity contribution is 5.87. The molecule has 0 unspecified atom stereocenters. The van der Waals surface area contributed by atoms with E-state index in [0.717, 1.165) is 25.7 Å². The molecule has 3 amide bonds. The summed E-state index contributed by atoms with van der Waals surface area (Å²) in [5, 5.41) is 11.4. The molecule has 0 aromatic heterocycles. The molecule has 2 aliphatic carbocycles. The van der Waals surface area contributed by atoms with Crippen LogP contribution >= 0.6 is 0 Å². The van der Waals surface area contributed by atoms with Crippen LogP contribution in [0.1, 0.15) is 32.1 Å². The van der Waals surface area contributed by atoms with Gasteiger partial charge in [-0.2, -0.15) is 0 Å². The number of carbonyl (C=O) groups is 3. The maximum absolute atomic E-state index is 12.2. The van der Waals surface area contributed by atoms with E-state index in [4.69, 9.17) is 10.8 Å². The molecule has 112 valence electrons. The molecule has 20 heavy (non-hydrogen) atoms. The molecule has 0 radical (unpaired) electrons. The van der Waals surface area contributed by atoms with Crippen LogP contribution in [0.15, 0.2) is 0 Å². The molecule has 7 heteroatoms. The van der Waals surface area contributed by atoms with Crippen molar-refractivity contribution < 1.29 is 19.5 Å². The zero-order valence-electron chi connectivity index (χ0n) is 11.4. The van der Waals surface area contributed by atoms with E-state index in [9.17, 15) is 14.4 Å². The van der Waals surface area contributed by atoms with Crippen molar-refractivity contribution in [3.05, 3.63) is 0 Å². The SMILES string of the molecule is NC(=O)C[C@H](NC(=O)N(CC1CC1)CC1CC1)C(=O)O. The van der Waals surface area contributed by atoms with Crippen LogP contribution in [0, 0.1) is 11.8 Å². The van der Waals surface area contributed by atoms with Gasteiger partial charge in [-0.25, -0.2) is 9.59 Å². The lowest BCUT2D eigenvalue weighted by molar-refractivity contribution is -0.140. The van der Waals surface area contributed by atoms with E-state index in [-0.39, 0.29) is 6.42 Å². The third-order valence-corrected chi connectivity index (χ3v) is 3.64. The third-order valence-electron chi connectivity index (χ3n) is 3.64. The Morgan fingerprint density at radius 1 is 1.15 bits per heavy atom. The monoisotopic (exact) mass is 283 g/mol. The molecule has 0 aromatic rings. The van der Waals surface area contributed by atoms with Crippen LogP contribution < -0.4 is 11.1 Å². The highest BCUT2D eigenvalue weighted by atomic mass is 16.4. The summed E-state index contributed by atoms with van der Waals surface area (Å²) in [7, 11) is 0. The van der Waals surface area contributed by atoms with Crippen molar-refractivity contribution in [2.75, 3.05) is 13.1 Å². The van der Waals surface area contributed by atoms with Crippen molar-refractivity contribution in [1.29, 1.82) is 0 Å². The minimum Gasteiger partial charge on any atom is -0.480 e. The Bertz CT molecular complexity index is 390. The summed E-state index contributed by atoms with van der Waals surface area (Å²) >= 11 is 0. The molecule has 2 aliphatic rings. The summed E-state index contributed by atoms with van der Waals surface area (Å²) in [5.41, 5.74) is 5.00. The highest BCUT2D eigenvalue weighted by Crippen LogP contribution is 2.33. The molecule has 7 nitrogen and oxygen atoms in total. The zero-order valence-corrected chi connectivity index (χ0v) is 11.4. The maximum atomic E-state index is 12.2. The van der Waals surface area contributed by atoms with Crippen LogP contribution in [0.5, 0.6) is 0 Å². The number of carboxylic acids is 1. The summed E-state index contributed by atoms with van der Waals surface area (Å²) in [6, 6.07) is -1.65. The van der Waals surface area contributed by atoms with Crippen LogP contribution in [-0.2, 0) is 9.59 Å². The number of carboxylic acid groups (broad SMARTS) is 1. The van der Waals surface area contributed by atoms with Crippen molar-refractivity contribution in [2.45, 2.75) is 38.1 Å². The summed E-state index contributed by atoms with van der Waals surface area (Å²) in [4.78, 5) is 35.7. The molecular formula is C13H21N3O4. The number of nitrogens with one attached hydrogen (secondary N) is 1. The molecule has 0 bridgehead atoms. The second-order valence-corrected chi connectivity index (χ2v) is 5.80. The minimum atomic E-state index is -1.25. The average Bonchev–Trinajstić information content (AvgIpc) is 3.21. The summed E-state index contributed by atoms with van der Waals surface area (Å²) < 4.78 is 0.